The fourth-order valence-electron chi connectivity index (χ4n) is 3.22. The smallest absolute Gasteiger partial charge is 0.178 e. The molecule has 5 nitrogen and oxygen atoms in total. The summed E-state index contributed by atoms with van der Waals surface area (Å²) in [5.41, 5.74) is 2.89. The molecule has 1 aliphatic rings. The van der Waals surface area contributed by atoms with Crippen molar-refractivity contribution in [2.75, 3.05) is 19.0 Å². The molecule has 1 fully saturated rings. The van der Waals surface area contributed by atoms with Gasteiger partial charge in [-0.1, -0.05) is 0 Å². The van der Waals surface area contributed by atoms with Crippen LogP contribution in [-0.4, -0.2) is 32.4 Å². The molecule has 0 radical (unpaired) electrons. The predicted octanol–water partition coefficient (Wildman–Crippen LogP) is 4.80. The number of nitrogens with zero attached hydrogens (tertiary/aromatic N) is 1. The number of hydrogen-bond donors (Lipinski definition) is 0. The molecule has 28 heavy (non-hydrogen) atoms. The van der Waals surface area contributed by atoms with E-state index in [0.717, 1.165) is 23.3 Å². The predicted molar refractivity (Wildman–Crippen MR) is 110 cm³/mol. The average molecular weight is 416 g/mol. The molecule has 0 unspecified atom stereocenters. The van der Waals surface area contributed by atoms with E-state index in [-0.39, 0.29) is 11.7 Å². The topological polar surface area (TPSA) is 65.5 Å². The third-order valence-electron chi connectivity index (χ3n) is 4.79. The lowest BCUT2D eigenvalue weighted by Gasteiger charge is -2.21. The van der Waals surface area contributed by atoms with E-state index in [1.165, 1.54) is 0 Å². The summed E-state index contributed by atoms with van der Waals surface area (Å²) in [5.74, 6) is 1.66. The van der Waals surface area contributed by atoms with Crippen LogP contribution in [0, 0.1) is 5.92 Å². The van der Waals surface area contributed by atoms with Crippen LogP contribution < -0.4 is 4.74 Å². The van der Waals surface area contributed by atoms with Crippen molar-refractivity contribution in [2.24, 2.45) is 5.92 Å². The third kappa shape index (κ3) is 4.60. The zero-order valence-electron chi connectivity index (χ0n) is 15.3. The van der Waals surface area contributed by atoms with Gasteiger partial charge in [-0.05, 0) is 72.9 Å². The summed E-state index contributed by atoms with van der Waals surface area (Å²) in [6, 6.07) is 14.4. The highest BCUT2D eigenvalue weighted by Gasteiger charge is 2.23. The van der Waals surface area contributed by atoms with Gasteiger partial charge in [0.25, 0.3) is 0 Å². The molecule has 2 heterocycles. The quantitative estimate of drug-likeness (QED) is 0.578. The average Bonchev–Trinajstić information content (AvgIpc) is 3.24. The molecule has 146 valence electrons. The first-order valence-corrected chi connectivity index (χ1v) is 11.7. The first-order chi connectivity index (χ1) is 13.6. The fraction of sp³-hybridized carbons (Fsp3) is 0.286. The molecule has 0 saturated carbocycles. The number of ether oxygens (including phenoxy) is 2. The van der Waals surface area contributed by atoms with Gasteiger partial charge in [0.1, 0.15) is 11.5 Å². The zero-order chi connectivity index (χ0) is 19.4. The lowest BCUT2D eigenvalue weighted by molar-refractivity contribution is 0.0723. The highest BCUT2D eigenvalue weighted by atomic mass is 32.2. The Bertz CT molecular complexity index is 992. The Kier molecular flexibility index (Phi) is 5.75. The number of thiazole rings is 1. The maximum Gasteiger partial charge on any atom is 0.178 e. The molecule has 1 saturated heterocycles. The van der Waals surface area contributed by atoms with E-state index in [0.29, 0.717) is 29.6 Å². The van der Waals surface area contributed by atoms with Crippen molar-refractivity contribution in [1.82, 2.24) is 4.98 Å². The largest absolute Gasteiger partial charge is 0.457 e. The van der Waals surface area contributed by atoms with Gasteiger partial charge in [0.15, 0.2) is 9.84 Å². The molecule has 4 rings (SSSR count). The molecule has 0 atom stereocenters. The van der Waals surface area contributed by atoms with Crippen molar-refractivity contribution in [3.8, 4) is 21.9 Å². The summed E-state index contributed by atoms with van der Waals surface area (Å²) in [6.07, 6.45) is 3.44. The normalized spacial score (nSPS) is 15.4. The molecule has 0 bridgehead atoms. The van der Waals surface area contributed by atoms with Crippen LogP contribution in [0.5, 0.6) is 11.5 Å². The monoisotopic (exact) mass is 415 g/mol. The second-order valence-corrected chi connectivity index (χ2v) is 9.72. The van der Waals surface area contributed by atoms with Crippen LogP contribution in [-0.2, 0) is 14.6 Å². The standard InChI is InChI=1S/C21H21NO4S2/c23-28(24,14-16-9-11-25-12-10-16)20-7-5-19(6-8-20)26-18-3-1-17(2-4-18)21-13-22-15-27-21/h1-8,13,15-16H,9-12,14H2. The van der Waals surface area contributed by atoms with Gasteiger partial charge in [-0.15, -0.1) is 11.3 Å². The molecule has 0 aliphatic carbocycles. The maximum atomic E-state index is 12.6. The number of aromatic nitrogens is 1. The minimum Gasteiger partial charge on any atom is -0.457 e. The van der Waals surface area contributed by atoms with Crippen LogP contribution in [0.1, 0.15) is 12.8 Å². The Hall–Kier alpha value is -2.22. The van der Waals surface area contributed by atoms with Gasteiger partial charge in [0, 0.05) is 19.4 Å². The van der Waals surface area contributed by atoms with Crippen molar-refractivity contribution >= 4 is 21.2 Å². The Morgan fingerprint density at radius 2 is 1.64 bits per heavy atom. The lowest BCUT2D eigenvalue weighted by Crippen LogP contribution is -2.23. The zero-order valence-corrected chi connectivity index (χ0v) is 16.9. The number of rotatable bonds is 6. The molecular formula is C21H21NO4S2. The number of hydrogen-bond acceptors (Lipinski definition) is 6. The van der Waals surface area contributed by atoms with Crippen LogP contribution in [0.25, 0.3) is 10.4 Å². The van der Waals surface area contributed by atoms with Crippen molar-refractivity contribution in [3.63, 3.8) is 0 Å². The second kappa shape index (κ2) is 8.43. The van der Waals surface area contributed by atoms with Crippen LogP contribution in [0.4, 0.5) is 0 Å². The highest BCUT2D eigenvalue weighted by molar-refractivity contribution is 7.91. The second-order valence-electron chi connectivity index (χ2n) is 6.80. The number of benzene rings is 2. The minimum atomic E-state index is -3.30. The van der Waals surface area contributed by atoms with E-state index in [9.17, 15) is 8.42 Å². The van der Waals surface area contributed by atoms with E-state index in [4.69, 9.17) is 9.47 Å². The molecule has 1 aliphatic heterocycles. The van der Waals surface area contributed by atoms with Crippen molar-refractivity contribution in [2.45, 2.75) is 17.7 Å². The summed E-state index contributed by atoms with van der Waals surface area (Å²) in [7, 11) is -3.30. The van der Waals surface area contributed by atoms with Crippen LogP contribution in [0.15, 0.2) is 65.1 Å². The summed E-state index contributed by atoms with van der Waals surface area (Å²) in [4.78, 5) is 5.53. The van der Waals surface area contributed by atoms with E-state index in [1.54, 1.807) is 41.1 Å². The Labute approximate surface area is 168 Å². The first-order valence-electron chi connectivity index (χ1n) is 9.17. The Balaban J connectivity index is 1.41. The van der Waals surface area contributed by atoms with Gasteiger partial charge in [-0.2, -0.15) is 0 Å². The van der Waals surface area contributed by atoms with Crippen molar-refractivity contribution in [3.05, 3.63) is 60.2 Å². The van der Waals surface area contributed by atoms with Gasteiger partial charge < -0.3 is 9.47 Å². The van der Waals surface area contributed by atoms with Gasteiger partial charge in [-0.25, -0.2) is 8.42 Å². The molecule has 1 aromatic heterocycles. The minimum absolute atomic E-state index is 0.173. The fourth-order valence-corrected chi connectivity index (χ4v) is 5.54. The molecule has 7 heteroatoms. The van der Waals surface area contributed by atoms with E-state index < -0.39 is 9.84 Å². The Morgan fingerprint density at radius 3 is 2.25 bits per heavy atom. The first kappa shape index (κ1) is 19.1. The van der Waals surface area contributed by atoms with E-state index in [2.05, 4.69) is 4.98 Å². The van der Waals surface area contributed by atoms with E-state index in [1.807, 2.05) is 30.5 Å². The van der Waals surface area contributed by atoms with Crippen molar-refractivity contribution < 1.29 is 17.9 Å². The summed E-state index contributed by atoms with van der Waals surface area (Å²) in [6.45, 7) is 1.30. The molecule has 3 aromatic rings. The van der Waals surface area contributed by atoms with E-state index >= 15 is 0 Å². The summed E-state index contributed by atoms with van der Waals surface area (Å²) >= 11 is 1.59. The third-order valence-corrected chi connectivity index (χ3v) is 7.51. The number of sulfone groups is 1. The Morgan fingerprint density at radius 1 is 1.00 bits per heavy atom. The SMILES string of the molecule is O=S(=O)(CC1CCOCC1)c1ccc(Oc2ccc(-c3cncs3)cc2)cc1. The van der Waals surface area contributed by atoms with Gasteiger partial charge in [-0.3, -0.25) is 4.98 Å². The molecule has 0 amide bonds. The van der Waals surface area contributed by atoms with Gasteiger partial charge >= 0.3 is 0 Å². The molecule has 0 spiro atoms. The molecule has 2 aromatic carbocycles. The van der Waals surface area contributed by atoms with Crippen LogP contribution in [0.2, 0.25) is 0 Å². The summed E-state index contributed by atoms with van der Waals surface area (Å²) in [5, 5.41) is 0. The van der Waals surface area contributed by atoms with Gasteiger partial charge in [0.2, 0.25) is 0 Å². The molecule has 0 N–H and O–H groups in total. The summed E-state index contributed by atoms with van der Waals surface area (Å²) < 4.78 is 36.4. The molecular weight excluding hydrogens is 394 g/mol. The van der Waals surface area contributed by atoms with Crippen LogP contribution in [0.3, 0.4) is 0 Å². The van der Waals surface area contributed by atoms with Crippen molar-refractivity contribution in [1.29, 1.82) is 0 Å². The lowest BCUT2D eigenvalue weighted by atomic mass is 10.0. The highest BCUT2D eigenvalue weighted by Crippen LogP contribution is 2.29. The van der Waals surface area contributed by atoms with Crippen LogP contribution >= 0.6 is 11.3 Å². The van der Waals surface area contributed by atoms with Gasteiger partial charge in [0.05, 0.1) is 21.0 Å². The maximum absolute atomic E-state index is 12.6.